The lowest BCUT2D eigenvalue weighted by Crippen LogP contribution is -2.15. The van der Waals surface area contributed by atoms with Crippen molar-refractivity contribution in [2.75, 3.05) is 0 Å². The van der Waals surface area contributed by atoms with E-state index >= 15 is 0 Å². The molecule has 13 heavy (non-hydrogen) atoms. The van der Waals surface area contributed by atoms with Crippen LogP contribution in [0.5, 0.6) is 0 Å². The fourth-order valence-electron chi connectivity index (χ4n) is 0.915. The monoisotopic (exact) mass is 218 g/mol. The molecule has 1 aromatic rings. The predicted octanol–water partition coefficient (Wildman–Crippen LogP) is 2.57. The van der Waals surface area contributed by atoms with Crippen LogP contribution in [0.25, 0.3) is 0 Å². The summed E-state index contributed by atoms with van der Waals surface area (Å²) in [5.74, 6) is -1.00. The lowest BCUT2D eigenvalue weighted by molar-refractivity contribution is -0.136. The maximum atomic E-state index is 10.4. The van der Waals surface area contributed by atoms with Gasteiger partial charge in [0.05, 0.1) is 0 Å². The van der Waals surface area contributed by atoms with Gasteiger partial charge in [0.2, 0.25) is 0 Å². The van der Waals surface area contributed by atoms with Crippen LogP contribution in [0.3, 0.4) is 0 Å². The Hall–Kier alpha value is -0.730. The molecule has 1 atom stereocenters. The zero-order valence-electron chi connectivity index (χ0n) is 6.71. The van der Waals surface area contributed by atoms with Crippen LogP contribution >= 0.6 is 23.2 Å². The van der Waals surface area contributed by atoms with Gasteiger partial charge in [-0.25, -0.2) is 0 Å². The van der Waals surface area contributed by atoms with Gasteiger partial charge in [0.15, 0.2) is 0 Å². The minimum atomic E-state index is -1.00. The molecule has 1 N–H and O–H groups in total. The second-order valence-electron chi connectivity index (χ2n) is 2.64. The topological polar surface area (TPSA) is 37.3 Å². The van der Waals surface area contributed by atoms with Crippen LogP contribution in [0.15, 0.2) is 24.3 Å². The van der Waals surface area contributed by atoms with Crippen LogP contribution in [0.1, 0.15) is 5.56 Å². The molecule has 0 aromatic heterocycles. The highest BCUT2D eigenvalue weighted by atomic mass is 35.5. The Morgan fingerprint density at radius 3 is 2.38 bits per heavy atom. The molecule has 0 saturated heterocycles. The van der Waals surface area contributed by atoms with E-state index in [9.17, 15) is 4.79 Å². The number of rotatable bonds is 3. The van der Waals surface area contributed by atoms with E-state index in [0.717, 1.165) is 5.56 Å². The highest BCUT2D eigenvalue weighted by Gasteiger charge is 2.13. The van der Waals surface area contributed by atoms with Gasteiger partial charge >= 0.3 is 5.97 Å². The van der Waals surface area contributed by atoms with E-state index in [2.05, 4.69) is 0 Å². The largest absolute Gasteiger partial charge is 0.480 e. The molecule has 1 aromatic carbocycles. The van der Waals surface area contributed by atoms with Crippen LogP contribution in [-0.4, -0.2) is 16.5 Å². The Morgan fingerprint density at radius 1 is 1.38 bits per heavy atom. The third kappa shape index (κ3) is 3.25. The summed E-state index contributed by atoms with van der Waals surface area (Å²) in [6, 6.07) is 6.95. The fourth-order valence-corrected chi connectivity index (χ4v) is 1.22. The summed E-state index contributed by atoms with van der Waals surface area (Å²) >= 11 is 11.2. The molecule has 1 rings (SSSR count). The molecule has 0 heterocycles. The molecule has 0 saturated carbocycles. The van der Waals surface area contributed by atoms with Gasteiger partial charge in [-0.15, -0.1) is 11.6 Å². The SMILES string of the molecule is O=C(O)[C@H](Cl)Cc1ccc(Cl)cc1. The third-order valence-electron chi connectivity index (χ3n) is 1.60. The zero-order valence-corrected chi connectivity index (χ0v) is 8.22. The summed E-state index contributed by atoms with van der Waals surface area (Å²) in [5, 5.41) is 8.30. The number of hydrogen-bond acceptors (Lipinski definition) is 1. The minimum absolute atomic E-state index is 0.314. The molecule has 2 nitrogen and oxygen atoms in total. The normalized spacial score (nSPS) is 12.5. The number of hydrogen-bond donors (Lipinski definition) is 1. The van der Waals surface area contributed by atoms with Gasteiger partial charge in [-0.1, -0.05) is 23.7 Å². The van der Waals surface area contributed by atoms with Gasteiger partial charge in [0, 0.05) is 5.02 Å². The van der Waals surface area contributed by atoms with Gasteiger partial charge < -0.3 is 5.11 Å². The molecule has 0 radical (unpaired) electrons. The van der Waals surface area contributed by atoms with Crippen molar-refractivity contribution < 1.29 is 9.90 Å². The number of carboxylic acids is 1. The maximum Gasteiger partial charge on any atom is 0.321 e. The lowest BCUT2D eigenvalue weighted by atomic mass is 10.1. The van der Waals surface area contributed by atoms with E-state index in [1.165, 1.54) is 0 Å². The first-order valence-corrected chi connectivity index (χ1v) is 4.52. The van der Waals surface area contributed by atoms with E-state index in [1.54, 1.807) is 24.3 Å². The summed E-state index contributed by atoms with van der Waals surface area (Å²) in [7, 11) is 0. The molecule has 0 aliphatic carbocycles. The van der Waals surface area contributed by atoms with Crippen molar-refractivity contribution >= 4 is 29.2 Å². The molecule has 0 aliphatic rings. The van der Waals surface area contributed by atoms with E-state index in [-0.39, 0.29) is 0 Å². The highest BCUT2D eigenvalue weighted by molar-refractivity contribution is 6.30. The van der Waals surface area contributed by atoms with E-state index < -0.39 is 11.3 Å². The minimum Gasteiger partial charge on any atom is -0.480 e. The molecule has 0 aliphatic heterocycles. The van der Waals surface area contributed by atoms with Gasteiger partial charge in [0.1, 0.15) is 5.38 Å². The van der Waals surface area contributed by atoms with Crippen molar-refractivity contribution in [1.82, 2.24) is 0 Å². The Kier molecular flexibility index (Phi) is 3.58. The first kappa shape index (κ1) is 10.4. The molecule has 0 fully saturated rings. The van der Waals surface area contributed by atoms with Crippen LogP contribution in [0, 0.1) is 0 Å². The molecule has 0 bridgehead atoms. The van der Waals surface area contributed by atoms with Gasteiger partial charge in [-0.05, 0) is 24.1 Å². The van der Waals surface area contributed by atoms with Crippen LogP contribution in [-0.2, 0) is 11.2 Å². The molecule has 0 unspecified atom stereocenters. The molecular weight excluding hydrogens is 211 g/mol. The summed E-state index contributed by atoms with van der Waals surface area (Å²) < 4.78 is 0. The van der Waals surface area contributed by atoms with E-state index in [0.29, 0.717) is 11.4 Å². The fraction of sp³-hybridized carbons (Fsp3) is 0.222. The van der Waals surface area contributed by atoms with Gasteiger partial charge in [0.25, 0.3) is 0 Å². The summed E-state index contributed by atoms with van der Waals surface area (Å²) in [6.07, 6.45) is 0.314. The second-order valence-corrected chi connectivity index (χ2v) is 3.60. The first-order chi connectivity index (χ1) is 6.09. The van der Waals surface area contributed by atoms with Gasteiger partial charge in [-0.3, -0.25) is 4.79 Å². The van der Waals surface area contributed by atoms with E-state index in [4.69, 9.17) is 28.3 Å². The maximum absolute atomic E-state index is 10.4. The van der Waals surface area contributed by atoms with Crippen LogP contribution < -0.4 is 0 Å². The van der Waals surface area contributed by atoms with Crippen molar-refractivity contribution in [3.63, 3.8) is 0 Å². The molecule has 4 heteroatoms. The highest BCUT2D eigenvalue weighted by Crippen LogP contribution is 2.13. The third-order valence-corrected chi connectivity index (χ3v) is 2.19. The second kappa shape index (κ2) is 4.49. The van der Waals surface area contributed by atoms with Crippen molar-refractivity contribution in [1.29, 1.82) is 0 Å². The van der Waals surface area contributed by atoms with Crippen molar-refractivity contribution in [3.05, 3.63) is 34.9 Å². The molecule has 0 amide bonds. The predicted molar refractivity (Wildman–Crippen MR) is 52.4 cm³/mol. The number of halogens is 2. The Bertz CT molecular complexity index is 295. The lowest BCUT2D eigenvalue weighted by Gasteiger charge is -2.03. The number of alkyl halides is 1. The number of aliphatic carboxylic acids is 1. The summed E-state index contributed by atoms with van der Waals surface area (Å²) in [6.45, 7) is 0. The van der Waals surface area contributed by atoms with Crippen LogP contribution in [0.2, 0.25) is 5.02 Å². The average Bonchev–Trinajstić information content (AvgIpc) is 2.08. The molecule has 0 spiro atoms. The van der Waals surface area contributed by atoms with Crippen molar-refractivity contribution in [2.24, 2.45) is 0 Å². The Morgan fingerprint density at radius 2 is 1.92 bits per heavy atom. The number of carboxylic acid groups (broad SMARTS) is 1. The van der Waals surface area contributed by atoms with Crippen LogP contribution in [0.4, 0.5) is 0 Å². The Balaban J connectivity index is 2.64. The first-order valence-electron chi connectivity index (χ1n) is 3.71. The number of carbonyl (C=O) groups is 1. The zero-order chi connectivity index (χ0) is 9.84. The number of benzene rings is 1. The van der Waals surface area contributed by atoms with Crippen molar-refractivity contribution in [2.45, 2.75) is 11.8 Å². The van der Waals surface area contributed by atoms with E-state index in [1.807, 2.05) is 0 Å². The quantitative estimate of drug-likeness (QED) is 0.793. The Labute approximate surface area is 86.1 Å². The smallest absolute Gasteiger partial charge is 0.321 e. The average molecular weight is 219 g/mol. The summed E-state index contributed by atoms with van der Waals surface area (Å²) in [4.78, 5) is 10.4. The van der Waals surface area contributed by atoms with Gasteiger partial charge in [-0.2, -0.15) is 0 Å². The molecule has 70 valence electrons. The summed E-state index contributed by atoms with van der Waals surface area (Å²) in [5.41, 5.74) is 0.867. The standard InChI is InChI=1S/C9H8Cl2O2/c10-7-3-1-6(2-4-7)5-8(11)9(12)13/h1-4,8H,5H2,(H,12,13)/t8-/m1/s1. The molecular formula is C9H8Cl2O2. The van der Waals surface area contributed by atoms with Crippen molar-refractivity contribution in [3.8, 4) is 0 Å².